The van der Waals surface area contributed by atoms with Crippen LogP contribution in [0.1, 0.15) is 21.6 Å². The summed E-state index contributed by atoms with van der Waals surface area (Å²) in [5.41, 5.74) is 3.56. The number of nitrogens with one attached hydrogen (secondary N) is 2. The fourth-order valence-corrected chi connectivity index (χ4v) is 2.64. The summed E-state index contributed by atoms with van der Waals surface area (Å²) in [6, 6.07) is 9.99. The predicted molar refractivity (Wildman–Crippen MR) is 79.3 cm³/mol. The third kappa shape index (κ3) is 3.83. The molecule has 0 aliphatic carbocycles. The molecule has 0 radical (unpaired) electrons. The first-order valence-electron chi connectivity index (χ1n) is 6.26. The Balaban J connectivity index is 1.79. The van der Waals surface area contributed by atoms with Crippen LogP contribution in [0.4, 0.5) is 4.79 Å². The van der Waals surface area contributed by atoms with Gasteiger partial charge in [-0.15, -0.1) is 11.3 Å². The molecule has 19 heavy (non-hydrogen) atoms. The first-order valence-corrected chi connectivity index (χ1v) is 7.14. The second kappa shape index (κ2) is 6.38. The van der Waals surface area contributed by atoms with Crippen LogP contribution in [0.3, 0.4) is 0 Å². The molecule has 0 atom stereocenters. The molecule has 0 saturated carbocycles. The maximum Gasteiger partial charge on any atom is 0.315 e. The first-order chi connectivity index (χ1) is 9.16. The van der Waals surface area contributed by atoms with Crippen molar-refractivity contribution >= 4 is 17.4 Å². The van der Waals surface area contributed by atoms with Crippen molar-refractivity contribution in [3.63, 3.8) is 0 Å². The van der Waals surface area contributed by atoms with Crippen LogP contribution in [0.5, 0.6) is 0 Å². The second-order valence-corrected chi connectivity index (χ2v) is 5.49. The van der Waals surface area contributed by atoms with Gasteiger partial charge in [0.25, 0.3) is 0 Å². The van der Waals surface area contributed by atoms with E-state index >= 15 is 0 Å². The maximum absolute atomic E-state index is 11.7. The van der Waals surface area contributed by atoms with Gasteiger partial charge in [0.1, 0.15) is 0 Å². The van der Waals surface area contributed by atoms with E-state index in [1.165, 1.54) is 16.0 Å². The first kappa shape index (κ1) is 13.6. The number of thiophene rings is 1. The van der Waals surface area contributed by atoms with Crippen LogP contribution in [-0.4, -0.2) is 6.03 Å². The minimum absolute atomic E-state index is 0.129. The van der Waals surface area contributed by atoms with Crippen molar-refractivity contribution in [3.8, 4) is 0 Å². The van der Waals surface area contributed by atoms with Crippen molar-refractivity contribution in [3.05, 3.63) is 57.3 Å². The molecule has 100 valence electrons. The lowest BCUT2D eigenvalue weighted by molar-refractivity contribution is 0.240. The Bertz CT molecular complexity index is 563. The van der Waals surface area contributed by atoms with Crippen molar-refractivity contribution in [2.24, 2.45) is 0 Å². The molecule has 0 saturated heterocycles. The van der Waals surface area contributed by atoms with Gasteiger partial charge in [0, 0.05) is 11.4 Å². The summed E-state index contributed by atoms with van der Waals surface area (Å²) in [4.78, 5) is 12.9. The molecule has 1 heterocycles. The minimum Gasteiger partial charge on any atom is -0.334 e. The van der Waals surface area contributed by atoms with E-state index in [0.717, 1.165) is 5.56 Å². The lowest BCUT2D eigenvalue weighted by atomic mass is 10.1. The Hall–Kier alpha value is -1.81. The molecule has 1 aromatic heterocycles. The smallest absolute Gasteiger partial charge is 0.315 e. The molecule has 0 spiro atoms. The molecule has 0 unspecified atom stereocenters. The summed E-state index contributed by atoms with van der Waals surface area (Å²) >= 11 is 1.67. The Morgan fingerprint density at radius 3 is 2.47 bits per heavy atom. The molecule has 4 heteroatoms. The topological polar surface area (TPSA) is 41.1 Å². The zero-order chi connectivity index (χ0) is 13.7. The molecule has 0 aliphatic rings. The fourth-order valence-electron chi connectivity index (χ4n) is 1.79. The predicted octanol–water partition coefficient (Wildman–Crippen LogP) is 3.36. The number of carbonyl (C=O) groups is 1. The van der Waals surface area contributed by atoms with Gasteiger partial charge < -0.3 is 10.6 Å². The average molecular weight is 274 g/mol. The van der Waals surface area contributed by atoms with Crippen molar-refractivity contribution in [1.82, 2.24) is 10.6 Å². The SMILES string of the molecule is Cc1ccccc1CNC(=O)NCc1sccc1C. The van der Waals surface area contributed by atoms with Crippen molar-refractivity contribution in [2.45, 2.75) is 26.9 Å². The summed E-state index contributed by atoms with van der Waals surface area (Å²) in [6.07, 6.45) is 0. The van der Waals surface area contributed by atoms with Crippen LogP contribution in [0.15, 0.2) is 35.7 Å². The average Bonchev–Trinajstić information content (AvgIpc) is 2.81. The highest BCUT2D eigenvalue weighted by molar-refractivity contribution is 7.10. The van der Waals surface area contributed by atoms with E-state index in [1.54, 1.807) is 11.3 Å². The summed E-state index contributed by atoms with van der Waals surface area (Å²) < 4.78 is 0. The van der Waals surface area contributed by atoms with E-state index in [9.17, 15) is 4.79 Å². The summed E-state index contributed by atoms with van der Waals surface area (Å²) in [6.45, 7) is 5.24. The summed E-state index contributed by atoms with van der Waals surface area (Å²) in [7, 11) is 0. The monoisotopic (exact) mass is 274 g/mol. The zero-order valence-corrected chi connectivity index (χ0v) is 12.0. The van der Waals surface area contributed by atoms with E-state index in [-0.39, 0.29) is 6.03 Å². The molecular weight excluding hydrogens is 256 g/mol. The normalized spacial score (nSPS) is 10.2. The number of carbonyl (C=O) groups excluding carboxylic acids is 1. The van der Waals surface area contributed by atoms with Crippen LogP contribution >= 0.6 is 11.3 Å². The Morgan fingerprint density at radius 2 is 1.79 bits per heavy atom. The molecule has 0 fully saturated rings. The third-order valence-corrected chi connectivity index (χ3v) is 4.10. The van der Waals surface area contributed by atoms with Crippen molar-refractivity contribution < 1.29 is 4.79 Å². The highest BCUT2D eigenvalue weighted by Crippen LogP contribution is 2.14. The van der Waals surface area contributed by atoms with Crippen molar-refractivity contribution in [2.75, 3.05) is 0 Å². The van der Waals surface area contributed by atoms with Crippen LogP contribution in [0, 0.1) is 13.8 Å². The van der Waals surface area contributed by atoms with E-state index in [0.29, 0.717) is 13.1 Å². The molecule has 0 bridgehead atoms. The number of benzene rings is 1. The molecule has 2 N–H and O–H groups in total. The second-order valence-electron chi connectivity index (χ2n) is 4.49. The summed E-state index contributed by atoms with van der Waals surface area (Å²) in [5, 5.41) is 7.79. The number of hydrogen-bond acceptors (Lipinski definition) is 2. The van der Waals surface area contributed by atoms with E-state index in [1.807, 2.05) is 36.6 Å². The van der Waals surface area contributed by atoms with Gasteiger partial charge in [-0.05, 0) is 42.0 Å². The van der Waals surface area contributed by atoms with Gasteiger partial charge in [-0.1, -0.05) is 24.3 Å². The van der Waals surface area contributed by atoms with E-state index < -0.39 is 0 Å². The van der Waals surface area contributed by atoms with E-state index in [4.69, 9.17) is 0 Å². The standard InChI is InChI=1S/C15H18N2OS/c1-11-5-3-4-6-13(11)9-16-15(18)17-10-14-12(2)7-8-19-14/h3-8H,9-10H2,1-2H3,(H2,16,17,18). The highest BCUT2D eigenvalue weighted by Gasteiger charge is 2.04. The van der Waals surface area contributed by atoms with Gasteiger partial charge in [-0.3, -0.25) is 0 Å². The Morgan fingerprint density at radius 1 is 1.05 bits per heavy atom. The number of hydrogen-bond donors (Lipinski definition) is 2. The fraction of sp³-hybridized carbons (Fsp3) is 0.267. The van der Waals surface area contributed by atoms with Gasteiger partial charge in [0.15, 0.2) is 0 Å². The van der Waals surface area contributed by atoms with Crippen LogP contribution < -0.4 is 10.6 Å². The Kier molecular flexibility index (Phi) is 4.58. The molecule has 2 amide bonds. The quantitative estimate of drug-likeness (QED) is 0.882. The van der Waals surface area contributed by atoms with Gasteiger partial charge in [0.05, 0.1) is 6.54 Å². The lowest BCUT2D eigenvalue weighted by Gasteiger charge is -2.09. The maximum atomic E-state index is 11.7. The van der Waals surface area contributed by atoms with Gasteiger partial charge >= 0.3 is 6.03 Å². The third-order valence-electron chi connectivity index (χ3n) is 3.08. The molecule has 3 nitrogen and oxygen atoms in total. The van der Waals surface area contributed by atoms with Crippen LogP contribution in [0.2, 0.25) is 0 Å². The molecule has 0 aliphatic heterocycles. The minimum atomic E-state index is -0.129. The number of amides is 2. The number of aryl methyl sites for hydroxylation is 2. The highest BCUT2D eigenvalue weighted by atomic mass is 32.1. The number of urea groups is 1. The van der Waals surface area contributed by atoms with Gasteiger partial charge in [0.2, 0.25) is 0 Å². The molecule has 2 aromatic rings. The molecule has 1 aromatic carbocycles. The van der Waals surface area contributed by atoms with Gasteiger partial charge in [-0.25, -0.2) is 4.79 Å². The van der Waals surface area contributed by atoms with Crippen LogP contribution in [0.25, 0.3) is 0 Å². The Labute approximate surface area is 117 Å². The molecular formula is C15H18N2OS. The largest absolute Gasteiger partial charge is 0.334 e. The lowest BCUT2D eigenvalue weighted by Crippen LogP contribution is -2.34. The van der Waals surface area contributed by atoms with Crippen molar-refractivity contribution in [1.29, 1.82) is 0 Å². The van der Waals surface area contributed by atoms with Crippen LogP contribution in [-0.2, 0) is 13.1 Å². The summed E-state index contributed by atoms with van der Waals surface area (Å²) in [5.74, 6) is 0. The number of rotatable bonds is 4. The molecule has 2 rings (SSSR count). The van der Waals surface area contributed by atoms with E-state index in [2.05, 4.69) is 23.6 Å². The van der Waals surface area contributed by atoms with Gasteiger partial charge in [-0.2, -0.15) is 0 Å². The zero-order valence-electron chi connectivity index (χ0n) is 11.2.